The summed E-state index contributed by atoms with van der Waals surface area (Å²) in [5.41, 5.74) is 0.924. The predicted octanol–water partition coefficient (Wildman–Crippen LogP) is 1.42. The lowest BCUT2D eigenvalue weighted by molar-refractivity contribution is 0.205. The van der Waals surface area contributed by atoms with E-state index in [1.807, 2.05) is 6.92 Å². The van der Waals surface area contributed by atoms with Crippen LogP contribution in [-0.4, -0.2) is 36.9 Å². The summed E-state index contributed by atoms with van der Waals surface area (Å²) in [5, 5.41) is 10.1. The molecular formula is C10H18N2O2S. The smallest absolute Gasteiger partial charge is 0.185 e. The average Bonchev–Trinajstić information content (AvgIpc) is 2.61. The number of anilines is 1. The van der Waals surface area contributed by atoms with Crippen LogP contribution in [0.15, 0.2) is 0 Å². The van der Waals surface area contributed by atoms with Gasteiger partial charge in [0.25, 0.3) is 0 Å². The highest BCUT2D eigenvalue weighted by atomic mass is 32.1. The molecule has 0 aromatic carbocycles. The minimum atomic E-state index is 0.0747. The summed E-state index contributed by atoms with van der Waals surface area (Å²) in [4.78, 5) is 7.53. The number of hydrogen-bond donors (Lipinski definition) is 1. The minimum absolute atomic E-state index is 0.0747. The van der Waals surface area contributed by atoms with Crippen molar-refractivity contribution in [2.45, 2.75) is 20.5 Å². The van der Waals surface area contributed by atoms with Crippen LogP contribution in [0.2, 0.25) is 0 Å². The standard InChI is InChI=1S/C10H18N2O2S/c1-4-12(5-6-14-3)10-11-8(2)9(7-13)15-10/h13H,4-7H2,1-3H3. The summed E-state index contributed by atoms with van der Waals surface area (Å²) in [6, 6.07) is 0. The molecule has 1 heterocycles. The van der Waals surface area contributed by atoms with Crippen molar-refractivity contribution >= 4 is 16.5 Å². The Morgan fingerprint density at radius 3 is 2.73 bits per heavy atom. The van der Waals surface area contributed by atoms with Crippen LogP contribution >= 0.6 is 11.3 Å². The molecule has 0 bridgehead atoms. The van der Waals surface area contributed by atoms with Crippen molar-refractivity contribution in [1.29, 1.82) is 0 Å². The highest BCUT2D eigenvalue weighted by Crippen LogP contribution is 2.25. The van der Waals surface area contributed by atoms with Gasteiger partial charge in [-0.2, -0.15) is 0 Å². The number of hydrogen-bond acceptors (Lipinski definition) is 5. The Kier molecular flexibility index (Phi) is 5.01. The largest absolute Gasteiger partial charge is 0.391 e. The molecule has 0 radical (unpaired) electrons. The Morgan fingerprint density at radius 2 is 2.27 bits per heavy atom. The molecule has 0 spiro atoms. The first-order chi connectivity index (χ1) is 7.22. The molecule has 0 aliphatic carbocycles. The maximum Gasteiger partial charge on any atom is 0.185 e. The van der Waals surface area contributed by atoms with Gasteiger partial charge in [0.2, 0.25) is 0 Å². The number of aliphatic hydroxyl groups is 1. The van der Waals surface area contributed by atoms with Crippen LogP contribution in [0.1, 0.15) is 17.5 Å². The first-order valence-electron chi connectivity index (χ1n) is 5.04. The number of nitrogens with zero attached hydrogens (tertiary/aromatic N) is 2. The molecule has 0 atom stereocenters. The number of aryl methyl sites for hydroxylation is 1. The van der Waals surface area contributed by atoms with Gasteiger partial charge in [0.15, 0.2) is 5.13 Å². The van der Waals surface area contributed by atoms with Crippen molar-refractivity contribution in [3.05, 3.63) is 10.6 Å². The van der Waals surface area contributed by atoms with Crippen molar-refractivity contribution in [2.75, 3.05) is 31.7 Å². The van der Waals surface area contributed by atoms with Gasteiger partial charge < -0.3 is 14.7 Å². The second-order valence-corrected chi connectivity index (χ2v) is 4.30. The maximum absolute atomic E-state index is 9.09. The Hall–Kier alpha value is -0.650. The molecule has 0 aliphatic heterocycles. The van der Waals surface area contributed by atoms with Crippen molar-refractivity contribution in [2.24, 2.45) is 0 Å². The fraction of sp³-hybridized carbons (Fsp3) is 0.700. The van der Waals surface area contributed by atoms with Gasteiger partial charge in [-0.05, 0) is 13.8 Å². The van der Waals surface area contributed by atoms with Crippen LogP contribution < -0.4 is 4.90 Å². The zero-order valence-corrected chi connectivity index (χ0v) is 10.3. The van der Waals surface area contributed by atoms with Crippen molar-refractivity contribution < 1.29 is 9.84 Å². The number of rotatable bonds is 6. The monoisotopic (exact) mass is 230 g/mol. The third-order valence-electron chi connectivity index (χ3n) is 2.24. The second kappa shape index (κ2) is 6.05. The van der Waals surface area contributed by atoms with Crippen LogP contribution in [-0.2, 0) is 11.3 Å². The number of ether oxygens (including phenoxy) is 1. The molecule has 15 heavy (non-hydrogen) atoms. The molecule has 5 heteroatoms. The summed E-state index contributed by atoms with van der Waals surface area (Å²) in [5.74, 6) is 0. The summed E-state index contributed by atoms with van der Waals surface area (Å²) >= 11 is 1.55. The molecule has 0 unspecified atom stereocenters. The zero-order valence-electron chi connectivity index (χ0n) is 9.49. The number of aliphatic hydroxyl groups excluding tert-OH is 1. The van der Waals surface area contributed by atoms with Gasteiger partial charge in [-0.3, -0.25) is 0 Å². The Labute approximate surface area is 94.5 Å². The third-order valence-corrected chi connectivity index (χ3v) is 3.45. The van der Waals surface area contributed by atoms with E-state index in [4.69, 9.17) is 9.84 Å². The van der Waals surface area contributed by atoms with Crippen molar-refractivity contribution in [3.63, 3.8) is 0 Å². The molecule has 0 amide bonds. The highest BCUT2D eigenvalue weighted by Gasteiger charge is 2.11. The number of likely N-dealkylation sites (N-methyl/N-ethyl adjacent to an activating group) is 1. The zero-order chi connectivity index (χ0) is 11.3. The second-order valence-electron chi connectivity index (χ2n) is 3.24. The SMILES string of the molecule is CCN(CCOC)c1nc(C)c(CO)s1. The Morgan fingerprint density at radius 1 is 1.53 bits per heavy atom. The van der Waals surface area contributed by atoms with E-state index in [9.17, 15) is 0 Å². The van der Waals surface area contributed by atoms with E-state index in [1.54, 1.807) is 18.4 Å². The normalized spacial score (nSPS) is 10.7. The molecule has 86 valence electrons. The van der Waals surface area contributed by atoms with E-state index >= 15 is 0 Å². The molecule has 1 N–H and O–H groups in total. The van der Waals surface area contributed by atoms with Gasteiger partial charge in [-0.1, -0.05) is 11.3 Å². The van der Waals surface area contributed by atoms with Gasteiger partial charge >= 0.3 is 0 Å². The minimum Gasteiger partial charge on any atom is -0.391 e. The van der Waals surface area contributed by atoms with Crippen molar-refractivity contribution in [1.82, 2.24) is 4.98 Å². The number of aromatic nitrogens is 1. The van der Waals surface area contributed by atoms with Crippen LogP contribution in [0, 0.1) is 6.92 Å². The molecule has 0 aliphatic rings. The summed E-state index contributed by atoms with van der Waals surface area (Å²) in [7, 11) is 1.69. The first kappa shape index (κ1) is 12.4. The lowest BCUT2D eigenvalue weighted by atomic mass is 10.4. The first-order valence-corrected chi connectivity index (χ1v) is 5.85. The van der Waals surface area contributed by atoms with Gasteiger partial charge in [0.05, 0.1) is 23.8 Å². The van der Waals surface area contributed by atoms with Gasteiger partial charge in [0, 0.05) is 20.2 Å². The van der Waals surface area contributed by atoms with E-state index in [0.717, 1.165) is 28.8 Å². The molecule has 0 saturated heterocycles. The van der Waals surface area contributed by atoms with Crippen LogP contribution in [0.3, 0.4) is 0 Å². The molecule has 0 saturated carbocycles. The van der Waals surface area contributed by atoms with Crippen LogP contribution in [0.4, 0.5) is 5.13 Å². The van der Waals surface area contributed by atoms with Crippen molar-refractivity contribution in [3.8, 4) is 0 Å². The fourth-order valence-corrected chi connectivity index (χ4v) is 2.30. The Bertz CT molecular complexity index is 302. The lowest BCUT2D eigenvalue weighted by Gasteiger charge is -2.18. The Balaban J connectivity index is 2.73. The average molecular weight is 230 g/mol. The topological polar surface area (TPSA) is 45.6 Å². The summed E-state index contributed by atoms with van der Waals surface area (Å²) in [6.07, 6.45) is 0. The molecule has 1 aromatic rings. The quantitative estimate of drug-likeness (QED) is 0.802. The summed E-state index contributed by atoms with van der Waals surface area (Å²) in [6.45, 7) is 6.53. The highest BCUT2D eigenvalue weighted by molar-refractivity contribution is 7.15. The third kappa shape index (κ3) is 3.15. The van der Waals surface area contributed by atoms with E-state index in [1.165, 1.54) is 0 Å². The van der Waals surface area contributed by atoms with Gasteiger partial charge in [-0.25, -0.2) is 4.98 Å². The van der Waals surface area contributed by atoms with E-state index in [-0.39, 0.29) is 6.61 Å². The van der Waals surface area contributed by atoms with Gasteiger partial charge in [0.1, 0.15) is 0 Å². The van der Waals surface area contributed by atoms with Crippen LogP contribution in [0.5, 0.6) is 0 Å². The summed E-state index contributed by atoms with van der Waals surface area (Å²) < 4.78 is 5.04. The van der Waals surface area contributed by atoms with E-state index in [2.05, 4.69) is 16.8 Å². The lowest BCUT2D eigenvalue weighted by Crippen LogP contribution is -2.26. The predicted molar refractivity (Wildman–Crippen MR) is 62.5 cm³/mol. The molecule has 1 rings (SSSR count). The molecule has 4 nitrogen and oxygen atoms in total. The maximum atomic E-state index is 9.09. The number of thiazole rings is 1. The fourth-order valence-electron chi connectivity index (χ4n) is 1.29. The number of methoxy groups -OCH3 is 1. The van der Waals surface area contributed by atoms with Crippen LogP contribution in [0.25, 0.3) is 0 Å². The molecule has 1 aromatic heterocycles. The molecular weight excluding hydrogens is 212 g/mol. The van der Waals surface area contributed by atoms with E-state index < -0.39 is 0 Å². The van der Waals surface area contributed by atoms with Gasteiger partial charge in [-0.15, -0.1) is 0 Å². The molecule has 0 fully saturated rings. The van der Waals surface area contributed by atoms with E-state index in [0.29, 0.717) is 6.61 Å².